The van der Waals surface area contributed by atoms with Crippen molar-refractivity contribution in [3.8, 4) is 11.5 Å². The molecule has 5 heteroatoms. The Labute approximate surface area is 118 Å². The van der Waals surface area contributed by atoms with E-state index in [1.165, 1.54) is 17.3 Å². The Hall–Kier alpha value is -1.17. The molecule has 1 aromatic carbocycles. The molecule has 4 N–H and O–H groups in total. The van der Waals surface area contributed by atoms with E-state index in [-0.39, 0.29) is 11.6 Å². The van der Waals surface area contributed by atoms with Crippen molar-refractivity contribution >= 4 is 17.3 Å². The molecule has 0 amide bonds. The van der Waals surface area contributed by atoms with Crippen LogP contribution in [0, 0.1) is 0 Å². The molecule has 0 unspecified atom stereocenters. The fraction of sp³-hybridized carbons (Fsp3) is 0.429. The summed E-state index contributed by atoms with van der Waals surface area (Å²) in [6, 6.07) is 5.92. The van der Waals surface area contributed by atoms with E-state index in [0.29, 0.717) is 0 Å². The van der Waals surface area contributed by atoms with Crippen molar-refractivity contribution in [3.63, 3.8) is 0 Å². The van der Waals surface area contributed by atoms with Gasteiger partial charge in [-0.3, -0.25) is 0 Å². The van der Waals surface area contributed by atoms with Gasteiger partial charge >= 0.3 is 0 Å². The molecule has 2 rings (SSSR count). The number of rotatable bonds is 4. The maximum absolute atomic E-state index is 5.85. The number of ether oxygens (including phenoxy) is 2. The average molecular weight is 280 g/mol. The minimum absolute atomic E-state index is 0.169. The second kappa shape index (κ2) is 6.32. The summed E-state index contributed by atoms with van der Waals surface area (Å²) in [6.07, 6.45) is 3.25. The van der Waals surface area contributed by atoms with E-state index < -0.39 is 0 Å². The summed E-state index contributed by atoms with van der Waals surface area (Å²) in [5.41, 5.74) is 13.2. The van der Waals surface area contributed by atoms with Gasteiger partial charge in [0.2, 0.25) is 0 Å². The SMILES string of the molecule is COc1ccc2c(c1)O[C@H](C)C/C2=C/CSC(N)N. The van der Waals surface area contributed by atoms with Crippen molar-refractivity contribution in [2.24, 2.45) is 11.5 Å². The van der Waals surface area contributed by atoms with Crippen molar-refractivity contribution in [2.75, 3.05) is 12.9 Å². The Morgan fingerprint density at radius 1 is 1.53 bits per heavy atom. The largest absolute Gasteiger partial charge is 0.497 e. The number of nitrogens with two attached hydrogens (primary N) is 2. The van der Waals surface area contributed by atoms with Crippen LogP contribution in [0.2, 0.25) is 0 Å². The van der Waals surface area contributed by atoms with Crippen LogP contribution >= 0.6 is 11.8 Å². The second-order valence-electron chi connectivity index (χ2n) is 4.52. The quantitative estimate of drug-likeness (QED) is 0.827. The summed E-state index contributed by atoms with van der Waals surface area (Å²) in [6.45, 7) is 2.07. The smallest absolute Gasteiger partial charge is 0.130 e. The van der Waals surface area contributed by atoms with Gasteiger partial charge in [-0.05, 0) is 24.6 Å². The normalized spacial score (nSPS) is 20.3. The zero-order valence-corrected chi connectivity index (χ0v) is 12.1. The molecule has 0 radical (unpaired) electrons. The Morgan fingerprint density at radius 3 is 3.00 bits per heavy atom. The second-order valence-corrected chi connectivity index (χ2v) is 5.73. The van der Waals surface area contributed by atoms with E-state index in [4.69, 9.17) is 20.9 Å². The van der Waals surface area contributed by atoms with Crippen LogP contribution in [0.15, 0.2) is 24.3 Å². The van der Waals surface area contributed by atoms with Gasteiger partial charge in [0, 0.05) is 23.8 Å². The summed E-state index contributed by atoms with van der Waals surface area (Å²) in [4.78, 5) is 0. The summed E-state index contributed by atoms with van der Waals surface area (Å²) in [7, 11) is 1.66. The average Bonchev–Trinajstić information content (AvgIpc) is 2.37. The van der Waals surface area contributed by atoms with E-state index in [2.05, 4.69) is 13.0 Å². The molecule has 19 heavy (non-hydrogen) atoms. The molecule has 0 fully saturated rings. The highest BCUT2D eigenvalue weighted by Gasteiger charge is 2.20. The van der Waals surface area contributed by atoms with Crippen LogP contribution in [0.5, 0.6) is 11.5 Å². The fourth-order valence-corrected chi connectivity index (χ4v) is 2.64. The molecule has 1 atom stereocenters. The molecule has 0 bridgehead atoms. The Kier molecular flexibility index (Phi) is 4.74. The maximum atomic E-state index is 5.85. The summed E-state index contributed by atoms with van der Waals surface area (Å²) in [5, 5.41) is 0. The third kappa shape index (κ3) is 3.65. The Bertz CT molecular complexity index is 475. The van der Waals surface area contributed by atoms with Gasteiger partial charge in [0.15, 0.2) is 0 Å². The first-order valence-electron chi connectivity index (χ1n) is 6.27. The molecule has 0 saturated heterocycles. The summed E-state index contributed by atoms with van der Waals surface area (Å²) < 4.78 is 11.1. The number of hydrogen-bond donors (Lipinski definition) is 2. The predicted octanol–water partition coefficient (Wildman–Crippen LogP) is 2.18. The van der Waals surface area contributed by atoms with Crippen LogP contribution in [0.3, 0.4) is 0 Å². The molecule has 0 aliphatic carbocycles. The standard InChI is InChI=1S/C14H20N2O2S/c1-9-7-10(5-6-19-14(15)16)12-4-3-11(17-2)8-13(12)18-9/h3-5,8-9,14H,6-7,15-16H2,1-2H3/b10-5-/t9-/m1/s1. The van der Waals surface area contributed by atoms with Crippen LogP contribution in [0.1, 0.15) is 18.9 Å². The van der Waals surface area contributed by atoms with Gasteiger partial charge < -0.3 is 20.9 Å². The molecule has 0 spiro atoms. The van der Waals surface area contributed by atoms with Gasteiger partial charge in [-0.2, -0.15) is 0 Å². The number of fused-ring (bicyclic) bond motifs is 1. The molecular weight excluding hydrogens is 260 g/mol. The number of thioether (sulfide) groups is 1. The monoisotopic (exact) mass is 280 g/mol. The molecule has 0 saturated carbocycles. The molecule has 1 aromatic rings. The van der Waals surface area contributed by atoms with E-state index in [9.17, 15) is 0 Å². The first kappa shape index (κ1) is 14.2. The van der Waals surface area contributed by atoms with Crippen LogP contribution in [-0.4, -0.2) is 24.5 Å². The molecule has 104 valence electrons. The highest BCUT2D eigenvalue weighted by atomic mass is 32.2. The van der Waals surface area contributed by atoms with Crippen molar-refractivity contribution in [1.82, 2.24) is 0 Å². The van der Waals surface area contributed by atoms with Crippen molar-refractivity contribution in [3.05, 3.63) is 29.8 Å². The third-order valence-electron chi connectivity index (χ3n) is 2.99. The van der Waals surface area contributed by atoms with Gasteiger partial charge in [-0.1, -0.05) is 6.08 Å². The first-order chi connectivity index (χ1) is 9.10. The molecule has 0 aromatic heterocycles. The highest BCUT2D eigenvalue weighted by Crippen LogP contribution is 2.38. The lowest BCUT2D eigenvalue weighted by Gasteiger charge is -2.26. The van der Waals surface area contributed by atoms with Crippen LogP contribution in [0.25, 0.3) is 5.57 Å². The zero-order chi connectivity index (χ0) is 13.8. The summed E-state index contributed by atoms with van der Waals surface area (Å²) >= 11 is 1.52. The molecule has 1 heterocycles. The van der Waals surface area contributed by atoms with Gasteiger partial charge in [-0.15, -0.1) is 11.8 Å². The fourth-order valence-electron chi connectivity index (χ4n) is 2.12. The van der Waals surface area contributed by atoms with Gasteiger partial charge in [0.25, 0.3) is 0 Å². The number of methoxy groups -OCH3 is 1. The van der Waals surface area contributed by atoms with E-state index in [1.54, 1.807) is 7.11 Å². The van der Waals surface area contributed by atoms with E-state index in [1.807, 2.05) is 18.2 Å². The Balaban J connectivity index is 2.23. The van der Waals surface area contributed by atoms with Gasteiger partial charge in [-0.25, -0.2) is 0 Å². The molecular formula is C14H20N2O2S. The van der Waals surface area contributed by atoms with Gasteiger partial charge in [0.05, 0.1) is 13.2 Å². The van der Waals surface area contributed by atoms with Crippen LogP contribution in [0.4, 0.5) is 0 Å². The molecule has 1 aliphatic rings. The van der Waals surface area contributed by atoms with E-state index in [0.717, 1.165) is 29.2 Å². The third-order valence-corrected chi connectivity index (χ3v) is 3.73. The predicted molar refractivity (Wildman–Crippen MR) is 80.3 cm³/mol. The van der Waals surface area contributed by atoms with Crippen molar-refractivity contribution in [1.29, 1.82) is 0 Å². The Morgan fingerprint density at radius 2 is 2.32 bits per heavy atom. The minimum atomic E-state index is -0.329. The lowest BCUT2D eigenvalue weighted by molar-refractivity contribution is 0.217. The maximum Gasteiger partial charge on any atom is 0.130 e. The number of hydrogen-bond acceptors (Lipinski definition) is 5. The van der Waals surface area contributed by atoms with E-state index >= 15 is 0 Å². The van der Waals surface area contributed by atoms with Crippen molar-refractivity contribution < 1.29 is 9.47 Å². The highest BCUT2D eigenvalue weighted by molar-refractivity contribution is 7.99. The lowest BCUT2D eigenvalue weighted by atomic mass is 9.96. The van der Waals surface area contributed by atoms with Gasteiger partial charge in [0.1, 0.15) is 17.0 Å². The van der Waals surface area contributed by atoms with Crippen LogP contribution < -0.4 is 20.9 Å². The first-order valence-corrected chi connectivity index (χ1v) is 7.32. The minimum Gasteiger partial charge on any atom is -0.497 e. The summed E-state index contributed by atoms with van der Waals surface area (Å²) in [5.74, 6) is 2.50. The lowest BCUT2D eigenvalue weighted by Crippen LogP contribution is -2.26. The van der Waals surface area contributed by atoms with Crippen molar-refractivity contribution in [2.45, 2.75) is 24.9 Å². The molecule has 4 nitrogen and oxygen atoms in total. The number of benzene rings is 1. The zero-order valence-electron chi connectivity index (χ0n) is 11.3. The van der Waals surface area contributed by atoms with Crippen LogP contribution in [-0.2, 0) is 0 Å². The topological polar surface area (TPSA) is 70.5 Å². The molecule has 1 aliphatic heterocycles.